The zero-order chi connectivity index (χ0) is 44.4. The van der Waals surface area contributed by atoms with Gasteiger partial charge in [0.25, 0.3) is 0 Å². The molecule has 1 amide bonds. The fraction of sp³-hybridized carbons (Fsp3) is 0.600. The molecule has 0 fully saturated rings. The molecule has 0 aliphatic heterocycles. The molecule has 0 aliphatic carbocycles. The standard InChI is InChI=1S/C55H81NO6/c1-7-10-33-59-40-55(41-60-34-11-8-2,42-61-35-12-9-3)56-54(58)39-62-38-47(57)32-31-46-37-45(6)50(53-30-24-22-28-51(46)53)26-20-18-16-14-13-15-17-19-25-48-43(4)36-44(5)49-27-21-23-29-52(48)49/h21-24,27-30,36-37H,7-20,25-26,31-35,38-42H2,1-6H3,(H,56,58). The maximum atomic E-state index is 13.3. The third-order valence-electron chi connectivity index (χ3n) is 12.3. The lowest BCUT2D eigenvalue weighted by Gasteiger charge is -2.34. The van der Waals surface area contributed by atoms with E-state index in [1.165, 1.54) is 113 Å². The lowest BCUT2D eigenvalue weighted by atomic mass is 9.90. The van der Waals surface area contributed by atoms with Crippen molar-refractivity contribution in [1.82, 2.24) is 5.32 Å². The molecule has 4 aromatic rings. The average molecular weight is 852 g/mol. The number of carbonyl (C=O) groups is 2. The Morgan fingerprint density at radius 2 is 0.952 bits per heavy atom. The van der Waals surface area contributed by atoms with Crippen LogP contribution in [0.3, 0.4) is 0 Å². The van der Waals surface area contributed by atoms with Crippen molar-refractivity contribution in [3.63, 3.8) is 0 Å². The van der Waals surface area contributed by atoms with E-state index in [4.69, 9.17) is 18.9 Å². The van der Waals surface area contributed by atoms with Gasteiger partial charge in [-0.05, 0) is 127 Å². The van der Waals surface area contributed by atoms with Gasteiger partial charge in [0.2, 0.25) is 5.91 Å². The molecule has 1 N–H and O–H groups in total. The molecule has 7 nitrogen and oxygen atoms in total. The monoisotopic (exact) mass is 852 g/mol. The molecule has 4 aromatic carbocycles. The summed E-state index contributed by atoms with van der Waals surface area (Å²) in [6, 6.07) is 22.2. The predicted molar refractivity (Wildman–Crippen MR) is 259 cm³/mol. The molecule has 62 heavy (non-hydrogen) atoms. The number of hydrogen-bond donors (Lipinski definition) is 1. The largest absolute Gasteiger partial charge is 0.379 e. The number of carbonyl (C=O) groups excluding carboxylic acids is 2. The van der Waals surface area contributed by atoms with E-state index in [1.807, 2.05) is 0 Å². The Morgan fingerprint density at radius 3 is 1.47 bits per heavy atom. The number of rotatable bonds is 34. The van der Waals surface area contributed by atoms with Crippen LogP contribution >= 0.6 is 0 Å². The molecule has 0 heterocycles. The molecule has 0 aliphatic rings. The zero-order valence-corrected chi connectivity index (χ0v) is 39.6. The summed E-state index contributed by atoms with van der Waals surface area (Å²) in [6.45, 7) is 15.5. The highest BCUT2D eigenvalue weighted by Crippen LogP contribution is 2.30. The lowest BCUT2D eigenvalue weighted by Crippen LogP contribution is -2.59. The van der Waals surface area contributed by atoms with Gasteiger partial charge in [-0.3, -0.25) is 9.59 Å². The van der Waals surface area contributed by atoms with Gasteiger partial charge in [-0.15, -0.1) is 0 Å². The number of unbranched alkanes of at least 4 members (excludes halogenated alkanes) is 10. The third-order valence-corrected chi connectivity index (χ3v) is 12.3. The highest BCUT2D eigenvalue weighted by Gasteiger charge is 2.34. The van der Waals surface area contributed by atoms with Crippen LogP contribution in [0.25, 0.3) is 21.5 Å². The second-order valence-electron chi connectivity index (χ2n) is 17.8. The maximum absolute atomic E-state index is 13.3. The number of nitrogens with one attached hydrogen (secondary N) is 1. The quantitative estimate of drug-likeness (QED) is 0.0471. The van der Waals surface area contributed by atoms with Gasteiger partial charge in [-0.2, -0.15) is 0 Å². The molecule has 0 bridgehead atoms. The number of amides is 1. The average Bonchev–Trinajstić information content (AvgIpc) is 3.27. The van der Waals surface area contributed by atoms with Gasteiger partial charge in [0.15, 0.2) is 5.78 Å². The van der Waals surface area contributed by atoms with Crippen LogP contribution in [0.5, 0.6) is 0 Å². The van der Waals surface area contributed by atoms with Crippen LogP contribution < -0.4 is 5.32 Å². The molecular formula is C55H81NO6. The molecule has 0 spiro atoms. The summed E-state index contributed by atoms with van der Waals surface area (Å²) in [5.41, 5.74) is 7.45. The summed E-state index contributed by atoms with van der Waals surface area (Å²) in [4.78, 5) is 26.3. The van der Waals surface area contributed by atoms with E-state index in [9.17, 15) is 9.59 Å². The number of Topliss-reactive ketones (excluding diaryl/α,β-unsaturated/α-hetero) is 1. The predicted octanol–water partition coefficient (Wildman–Crippen LogP) is 12.6. The molecule has 7 heteroatoms. The summed E-state index contributed by atoms with van der Waals surface area (Å²) in [6.07, 6.45) is 19.4. The fourth-order valence-electron chi connectivity index (χ4n) is 8.70. The first-order valence-electron chi connectivity index (χ1n) is 24.3. The number of benzene rings is 4. The maximum Gasteiger partial charge on any atom is 0.246 e. The highest BCUT2D eigenvalue weighted by molar-refractivity contribution is 5.91. The number of ketones is 1. The second kappa shape index (κ2) is 28.9. The fourth-order valence-corrected chi connectivity index (χ4v) is 8.70. The minimum absolute atomic E-state index is 0.0152. The van der Waals surface area contributed by atoms with Crippen LogP contribution in [-0.2, 0) is 47.8 Å². The summed E-state index contributed by atoms with van der Waals surface area (Å²) in [5, 5.41) is 8.49. The first-order valence-corrected chi connectivity index (χ1v) is 24.3. The second-order valence-corrected chi connectivity index (χ2v) is 17.8. The van der Waals surface area contributed by atoms with Gasteiger partial charge in [0, 0.05) is 26.2 Å². The van der Waals surface area contributed by atoms with Gasteiger partial charge >= 0.3 is 0 Å². The molecule has 342 valence electrons. The van der Waals surface area contributed by atoms with E-state index < -0.39 is 5.54 Å². The zero-order valence-electron chi connectivity index (χ0n) is 39.6. The molecule has 4 rings (SSSR count). The molecule has 0 unspecified atom stereocenters. The SMILES string of the molecule is CCCCOCC(COCCCC)(COCCCC)NC(=O)COCC(=O)CCc1cc(C)c(CCCCCCCCCCc2c(C)cc(C)c3ccccc23)c2ccccc12. The van der Waals surface area contributed by atoms with Crippen LogP contribution in [0, 0.1) is 20.8 Å². The Kier molecular flexibility index (Phi) is 23.8. The van der Waals surface area contributed by atoms with E-state index >= 15 is 0 Å². The van der Waals surface area contributed by atoms with Crippen molar-refractivity contribution in [2.45, 2.75) is 163 Å². The van der Waals surface area contributed by atoms with Gasteiger partial charge < -0.3 is 24.3 Å². The van der Waals surface area contributed by atoms with E-state index in [0.717, 1.165) is 44.9 Å². The Labute approximate surface area is 375 Å². The van der Waals surface area contributed by atoms with E-state index in [-0.39, 0.29) is 44.7 Å². The first-order chi connectivity index (χ1) is 30.2. The highest BCUT2D eigenvalue weighted by atomic mass is 16.5. The van der Waals surface area contributed by atoms with Crippen molar-refractivity contribution in [2.75, 3.05) is 52.9 Å². The molecule has 0 atom stereocenters. The minimum Gasteiger partial charge on any atom is -0.379 e. The number of fused-ring (bicyclic) bond motifs is 2. The molecule has 0 saturated carbocycles. The Morgan fingerprint density at radius 1 is 0.500 bits per heavy atom. The molecule has 0 aromatic heterocycles. The van der Waals surface area contributed by atoms with Crippen molar-refractivity contribution < 1.29 is 28.5 Å². The van der Waals surface area contributed by atoms with Crippen molar-refractivity contribution in [3.05, 3.63) is 94.0 Å². The van der Waals surface area contributed by atoms with E-state index in [1.54, 1.807) is 0 Å². The van der Waals surface area contributed by atoms with Crippen molar-refractivity contribution in [1.29, 1.82) is 0 Å². The molecule has 0 radical (unpaired) electrons. The van der Waals surface area contributed by atoms with Crippen molar-refractivity contribution >= 4 is 33.2 Å². The lowest BCUT2D eigenvalue weighted by molar-refractivity contribution is -0.134. The Bertz CT molecular complexity index is 1890. The van der Waals surface area contributed by atoms with Crippen LogP contribution in [0.4, 0.5) is 0 Å². The Hall–Kier alpha value is -3.62. The third kappa shape index (κ3) is 17.2. The minimum atomic E-state index is -0.830. The van der Waals surface area contributed by atoms with E-state index in [2.05, 4.69) is 108 Å². The molecule has 0 saturated heterocycles. The summed E-state index contributed by atoms with van der Waals surface area (Å²) >= 11 is 0. The van der Waals surface area contributed by atoms with Crippen LogP contribution in [0.2, 0.25) is 0 Å². The van der Waals surface area contributed by atoms with Gasteiger partial charge in [-0.25, -0.2) is 0 Å². The normalized spacial score (nSPS) is 11.8. The van der Waals surface area contributed by atoms with Crippen LogP contribution in [0.1, 0.15) is 150 Å². The van der Waals surface area contributed by atoms with Gasteiger partial charge in [0.1, 0.15) is 18.8 Å². The summed E-state index contributed by atoms with van der Waals surface area (Å²) in [5.74, 6) is -0.320. The smallest absolute Gasteiger partial charge is 0.246 e. The van der Waals surface area contributed by atoms with Gasteiger partial charge in [0.05, 0.1) is 19.8 Å². The topological polar surface area (TPSA) is 83.1 Å². The first kappa shape index (κ1) is 51.0. The summed E-state index contributed by atoms with van der Waals surface area (Å²) in [7, 11) is 0. The van der Waals surface area contributed by atoms with Crippen molar-refractivity contribution in [2.24, 2.45) is 0 Å². The number of hydrogen-bond acceptors (Lipinski definition) is 6. The van der Waals surface area contributed by atoms with E-state index in [0.29, 0.717) is 32.7 Å². The summed E-state index contributed by atoms with van der Waals surface area (Å²) < 4.78 is 23.8. The van der Waals surface area contributed by atoms with Crippen molar-refractivity contribution in [3.8, 4) is 0 Å². The number of aryl methyl sites for hydroxylation is 6. The Balaban J connectivity index is 1.19. The number of ether oxygens (including phenoxy) is 4. The van der Waals surface area contributed by atoms with Gasteiger partial charge in [-0.1, -0.05) is 139 Å². The molecular weight excluding hydrogens is 771 g/mol. The van der Waals surface area contributed by atoms with Crippen LogP contribution in [0.15, 0.2) is 60.7 Å². The van der Waals surface area contributed by atoms with Crippen LogP contribution in [-0.4, -0.2) is 70.1 Å².